The molecule has 2 N–H and O–H groups in total. The molecule has 33 heavy (non-hydrogen) atoms. The third kappa shape index (κ3) is 5.35. The summed E-state index contributed by atoms with van der Waals surface area (Å²) in [6.45, 7) is 0. The molecule has 2 aromatic carbocycles. The van der Waals surface area contributed by atoms with Crippen molar-refractivity contribution >= 4 is 26.8 Å². The lowest BCUT2D eigenvalue weighted by Crippen LogP contribution is -2.39. The van der Waals surface area contributed by atoms with Gasteiger partial charge >= 0.3 is 6.18 Å². The van der Waals surface area contributed by atoms with E-state index in [-0.39, 0.29) is 28.4 Å². The van der Waals surface area contributed by atoms with Gasteiger partial charge in [-0.05, 0) is 68.0 Å². The maximum absolute atomic E-state index is 13.3. The number of nitrogens with one attached hydrogen (secondary N) is 2. The Hall–Kier alpha value is -2.95. The highest BCUT2D eigenvalue weighted by atomic mass is 32.2. The van der Waals surface area contributed by atoms with Crippen LogP contribution in [0.25, 0.3) is 11.0 Å². The van der Waals surface area contributed by atoms with Crippen LogP contribution < -0.4 is 5.32 Å². The molecule has 1 amide bonds. The summed E-state index contributed by atoms with van der Waals surface area (Å²) in [5, 5.41) is 2.85. The summed E-state index contributed by atoms with van der Waals surface area (Å²) in [6, 6.07) is 7.55. The average Bonchev–Trinajstić information content (AvgIpc) is 3.18. The summed E-state index contributed by atoms with van der Waals surface area (Å²) in [4.78, 5) is 19.1. The molecule has 1 saturated carbocycles. The molecule has 0 unspecified atom stereocenters. The van der Waals surface area contributed by atoms with Gasteiger partial charge in [0, 0.05) is 6.04 Å². The topological polar surface area (TPSA) is 91.9 Å². The monoisotopic (exact) mass is 483 g/mol. The van der Waals surface area contributed by atoms with Crippen LogP contribution in [0.3, 0.4) is 0 Å². The molecule has 1 aliphatic carbocycles. The molecule has 0 atom stereocenters. The van der Waals surface area contributed by atoms with E-state index in [9.17, 15) is 30.8 Å². The Morgan fingerprint density at radius 1 is 1.09 bits per heavy atom. The summed E-state index contributed by atoms with van der Waals surface area (Å²) < 4.78 is 77.4. The second-order valence-corrected chi connectivity index (χ2v) is 10.3. The van der Waals surface area contributed by atoms with Crippen molar-refractivity contribution in [1.82, 2.24) is 15.3 Å². The molecule has 11 heteroatoms. The predicted octanol–water partition coefficient (Wildman–Crippen LogP) is 4.48. The number of halogens is 4. The summed E-state index contributed by atoms with van der Waals surface area (Å²) in [5.74, 6) is -1.29. The van der Waals surface area contributed by atoms with Crippen molar-refractivity contribution in [3.63, 3.8) is 0 Å². The number of alkyl halides is 3. The fourth-order valence-corrected chi connectivity index (χ4v) is 5.83. The van der Waals surface area contributed by atoms with Gasteiger partial charge in [0.1, 0.15) is 5.82 Å². The second-order valence-electron chi connectivity index (χ2n) is 8.24. The van der Waals surface area contributed by atoms with E-state index in [0.717, 1.165) is 12.1 Å². The van der Waals surface area contributed by atoms with Crippen LogP contribution in [0.5, 0.6) is 0 Å². The van der Waals surface area contributed by atoms with Crippen molar-refractivity contribution in [2.24, 2.45) is 5.92 Å². The van der Waals surface area contributed by atoms with Gasteiger partial charge in [0.15, 0.2) is 15.7 Å². The van der Waals surface area contributed by atoms with E-state index in [2.05, 4.69) is 15.3 Å². The lowest BCUT2D eigenvalue weighted by Gasteiger charge is -2.28. The van der Waals surface area contributed by atoms with E-state index in [4.69, 9.17) is 0 Å². The fourth-order valence-electron chi connectivity index (χ4n) is 4.09. The number of carbonyl (C=O) groups is 1. The molecule has 1 aromatic heterocycles. The Balaban J connectivity index is 1.34. The van der Waals surface area contributed by atoms with Gasteiger partial charge in [0.05, 0.1) is 27.2 Å². The minimum absolute atomic E-state index is 0.0600. The Kier molecular flexibility index (Phi) is 6.17. The van der Waals surface area contributed by atoms with Gasteiger partial charge in [-0.25, -0.2) is 17.8 Å². The van der Waals surface area contributed by atoms with Crippen molar-refractivity contribution in [3.05, 3.63) is 59.7 Å². The zero-order chi connectivity index (χ0) is 23.8. The van der Waals surface area contributed by atoms with Gasteiger partial charge in [-0.2, -0.15) is 13.2 Å². The van der Waals surface area contributed by atoms with Crippen molar-refractivity contribution in [2.45, 2.75) is 42.8 Å². The van der Waals surface area contributed by atoms with Crippen molar-refractivity contribution < 1.29 is 30.8 Å². The van der Waals surface area contributed by atoms with Crippen LogP contribution in [0.1, 0.15) is 41.9 Å². The summed E-state index contributed by atoms with van der Waals surface area (Å²) in [7, 11) is -3.88. The molecule has 1 aliphatic rings. The number of rotatable bonds is 5. The minimum Gasteiger partial charge on any atom is -0.347 e. The Labute approximate surface area is 187 Å². The highest BCUT2D eigenvalue weighted by molar-refractivity contribution is 7.91. The molecule has 3 aromatic rings. The second kappa shape index (κ2) is 8.77. The lowest BCUT2D eigenvalue weighted by molar-refractivity contribution is -0.137. The third-order valence-electron chi connectivity index (χ3n) is 5.82. The normalized spacial score (nSPS) is 19.5. The molecule has 0 saturated heterocycles. The third-order valence-corrected chi connectivity index (χ3v) is 7.70. The highest BCUT2D eigenvalue weighted by Gasteiger charge is 2.33. The number of sulfone groups is 1. The summed E-state index contributed by atoms with van der Waals surface area (Å²) in [6.07, 6.45) is -2.54. The summed E-state index contributed by atoms with van der Waals surface area (Å²) in [5.41, 5.74) is -0.128. The van der Waals surface area contributed by atoms with E-state index in [1.165, 1.54) is 24.3 Å². The molecule has 0 spiro atoms. The largest absolute Gasteiger partial charge is 0.416 e. The molecular weight excluding hydrogens is 462 g/mol. The maximum atomic E-state index is 13.3. The number of hydrogen-bond acceptors (Lipinski definition) is 4. The first-order valence-corrected chi connectivity index (χ1v) is 12.0. The number of carbonyl (C=O) groups excluding carboxylic acids is 1. The molecule has 0 bridgehead atoms. The van der Waals surface area contributed by atoms with E-state index in [1.54, 1.807) is 0 Å². The van der Waals surface area contributed by atoms with E-state index >= 15 is 0 Å². The van der Waals surface area contributed by atoms with Crippen LogP contribution in [0.4, 0.5) is 17.6 Å². The van der Waals surface area contributed by atoms with Crippen molar-refractivity contribution in [3.8, 4) is 0 Å². The van der Waals surface area contributed by atoms with Gasteiger partial charge in [-0.15, -0.1) is 0 Å². The zero-order valence-electron chi connectivity index (χ0n) is 17.3. The molecule has 1 fully saturated rings. The maximum Gasteiger partial charge on any atom is 0.416 e. The number of fused-ring (bicyclic) bond motifs is 1. The van der Waals surface area contributed by atoms with Crippen LogP contribution in [-0.2, 0) is 16.0 Å². The minimum atomic E-state index is -4.62. The Bertz CT molecular complexity index is 1280. The fraction of sp³-hybridized carbons (Fsp3) is 0.364. The molecule has 176 valence electrons. The zero-order valence-corrected chi connectivity index (χ0v) is 18.1. The highest BCUT2D eigenvalue weighted by Crippen LogP contribution is 2.32. The van der Waals surface area contributed by atoms with E-state index < -0.39 is 33.3 Å². The number of nitrogens with zero attached hydrogens (tertiary/aromatic N) is 1. The first kappa shape index (κ1) is 23.2. The molecule has 0 aliphatic heterocycles. The van der Waals surface area contributed by atoms with Crippen LogP contribution in [0, 0.1) is 11.7 Å². The number of imidazole rings is 1. The Morgan fingerprint density at radius 3 is 2.52 bits per heavy atom. The lowest BCUT2D eigenvalue weighted by atomic mass is 9.87. The Morgan fingerprint density at radius 2 is 1.82 bits per heavy atom. The molecule has 4 rings (SSSR count). The number of aromatic amines is 1. The van der Waals surface area contributed by atoms with Gasteiger partial charge in [0.25, 0.3) is 5.91 Å². The van der Waals surface area contributed by atoms with E-state index in [1.807, 2.05) is 0 Å². The quantitative estimate of drug-likeness (QED) is 0.524. The number of H-pyrrole nitrogens is 1. The van der Waals surface area contributed by atoms with E-state index in [0.29, 0.717) is 42.8 Å². The number of hydrogen-bond donors (Lipinski definition) is 2. The van der Waals surface area contributed by atoms with Crippen LogP contribution >= 0.6 is 0 Å². The van der Waals surface area contributed by atoms with Gasteiger partial charge < -0.3 is 10.3 Å². The first-order valence-electron chi connectivity index (χ1n) is 10.4. The molecule has 0 radical (unpaired) electrons. The average molecular weight is 483 g/mol. The SMILES string of the molecule is O=C(N[C@H]1CC[C@H](CS(=O)(=O)c2cccc(C(F)(F)F)c2)CC1)c1nc2ccc(F)cc2[nH]1. The van der Waals surface area contributed by atoms with Crippen LogP contribution in [-0.4, -0.2) is 36.1 Å². The van der Waals surface area contributed by atoms with Crippen molar-refractivity contribution in [1.29, 1.82) is 0 Å². The first-order chi connectivity index (χ1) is 15.5. The standard InChI is InChI=1S/C22H21F4N3O3S/c23-15-6-9-18-19(11-15)29-20(28-18)21(30)27-16-7-4-13(5-8-16)12-33(31,32)17-3-1-2-14(10-17)22(24,25)26/h1-3,6,9-11,13,16H,4-5,7-8,12H2,(H,27,30)(H,28,29)/t13-,16-. The van der Waals surface area contributed by atoms with Crippen LogP contribution in [0.15, 0.2) is 47.4 Å². The molecule has 6 nitrogen and oxygen atoms in total. The number of amides is 1. The van der Waals surface area contributed by atoms with Crippen LogP contribution in [0.2, 0.25) is 0 Å². The summed E-state index contributed by atoms with van der Waals surface area (Å²) >= 11 is 0. The molecular formula is C22H21F4N3O3S. The number of aromatic nitrogens is 2. The van der Waals surface area contributed by atoms with Crippen molar-refractivity contribution in [2.75, 3.05) is 5.75 Å². The predicted molar refractivity (Wildman–Crippen MR) is 113 cm³/mol. The smallest absolute Gasteiger partial charge is 0.347 e. The van der Waals surface area contributed by atoms with Gasteiger partial charge in [-0.1, -0.05) is 6.07 Å². The van der Waals surface area contributed by atoms with Gasteiger partial charge in [-0.3, -0.25) is 4.79 Å². The number of benzene rings is 2. The molecule has 1 heterocycles. The van der Waals surface area contributed by atoms with Gasteiger partial charge in [0.2, 0.25) is 0 Å².